The number of aryl methyl sites for hydroxylation is 1. The van der Waals surface area contributed by atoms with Crippen LogP contribution < -0.4 is 10.7 Å². The van der Waals surface area contributed by atoms with Gasteiger partial charge in [0.1, 0.15) is 0 Å². The van der Waals surface area contributed by atoms with Crippen LogP contribution in [0.15, 0.2) is 57.7 Å². The van der Waals surface area contributed by atoms with Gasteiger partial charge in [-0.2, -0.15) is 0 Å². The highest BCUT2D eigenvalue weighted by atomic mass is 16.4. The van der Waals surface area contributed by atoms with Crippen LogP contribution in [0.5, 0.6) is 0 Å². The maximum absolute atomic E-state index is 12.7. The van der Waals surface area contributed by atoms with E-state index in [1.165, 1.54) is 23.1 Å². The number of carbonyl (C=O) groups excluding carboxylic acids is 1. The van der Waals surface area contributed by atoms with Crippen LogP contribution >= 0.6 is 0 Å². The maximum atomic E-state index is 12.7. The largest absolute Gasteiger partial charge is 0.419 e. The lowest BCUT2D eigenvalue weighted by Gasteiger charge is -2.24. The fraction of sp³-hybridized carbons (Fsp3) is 0.364. The number of fused-ring (bicyclic) bond motifs is 1. The molecule has 0 spiro atoms. The quantitative estimate of drug-likeness (QED) is 0.660. The van der Waals surface area contributed by atoms with Crippen molar-refractivity contribution in [3.8, 4) is 0 Å². The van der Waals surface area contributed by atoms with Crippen molar-refractivity contribution in [3.05, 3.63) is 64.6 Å². The van der Waals surface area contributed by atoms with Crippen molar-refractivity contribution in [2.45, 2.75) is 32.4 Å². The molecule has 0 aliphatic carbocycles. The normalized spacial score (nSPS) is 14.0. The Morgan fingerprint density at radius 1 is 1.07 bits per heavy atom. The average molecular weight is 379 g/mol. The third kappa shape index (κ3) is 3.67. The van der Waals surface area contributed by atoms with Gasteiger partial charge < -0.3 is 14.2 Å². The van der Waals surface area contributed by atoms with Crippen LogP contribution in [0.1, 0.15) is 24.8 Å². The first kappa shape index (κ1) is 18.3. The monoisotopic (exact) mass is 379 g/mol. The van der Waals surface area contributed by atoms with Crippen molar-refractivity contribution < 1.29 is 9.21 Å². The van der Waals surface area contributed by atoms with Crippen molar-refractivity contribution in [1.29, 1.82) is 0 Å². The number of benzene rings is 2. The molecule has 1 aromatic heterocycles. The number of hydrogen-bond acceptors (Lipinski definition) is 4. The van der Waals surface area contributed by atoms with E-state index in [-0.39, 0.29) is 12.3 Å². The molecule has 0 atom stereocenters. The Balaban J connectivity index is 1.43. The van der Waals surface area contributed by atoms with Gasteiger partial charge in [-0.05, 0) is 36.6 Å². The first-order chi connectivity index (χ1) is 13.6. The summed E-state index contributed by atoms with van der Waals surface area (Å²) in [5.41, 5.74) is 3.65. The minimum atomic E-state index is -0.420. The number of oxazole rings is 1. The topological polar surface area (TPSA) is 58.7 Å². The molecule has 0 N–H and O–H groups in total. The van der Waals surface area contributed by atoms with Gasteiger partial charge in [-0.1, -0.05) is 30.3 Å². The van der Waals surface area contributed by atoms with Crippen LogP contribution in [-0.2, 0) is 17.9 Å². The van der Waals surface area contributed by atoms with Gasteiger partial charge in [-0.25, -0.2) is 4.79 Å². The minimum Gasteiger partial charge on any atom is -0.408 e. The second-order valence-electron chi connectivity index (χ2n) is 7.31. The molecule has 1 aliphatic heterocycles. The fourth-order valence-electron chi connectivity index (χ4n) is 3.88. The minimum absolute atomic E-state index is 0.00778. The predicted molar refractivity (Wildman–Crippen MR) is 109 cm³/mol. The second-order valence-corrected chi connectivity index (χ2v) is 7.31. The van der Waals surface area contributed by atoms with Crippen molar-refractivity contribution in [2.24, 2.45) is 0 Å². The van der Waals surface area contributed by atoms with Gasteiger partial charge in [0.25, 0.3) is 0 Å². The Hall–Kier alpha value is -3.02. The maximum Gasteiger partial charge on any atom is 0.419 e. The van der Waals surface area contributed by atoms with Crippen LogP contribution in [0.4, 0.5) is 5.69 Å². The Morgan fingerprint density at radius 2 is 1.79 bits per heavy atom. The number of anilines is 1. The second kappa shape index (κ2) is 7.92. The number of hydrogen-bond donors (Lipinski definition) is 0. The molecular formula is C22H25N3O3. The molecule has 0 bridgehead atoms. The molecule has 0 saturated carbocycles. The van der Waals surface area contributed by atoms with E-state index in [1.54, 1.807) is 11.0 Å². The lowest BCUT2D eigenvalue weighted by atomic mass is 10.1. The molecule has 146 valence electrons. The summed E-state index contributed by atoms with van der Waals surface area (Å²) in [6.07, 6.45) is 2.69. The molecule has 6 nitrogen and oxygen atoms in total. The average Bonchev–Trinajstić information content (AvgIpc) is 3.34. The number of aromatic nitrogens is 1. The Kier molecular flexibility index (Phi) is 5.19. The summed E-state index contributed by atoms with van der Waals surface area (Å²) in [6, 6.07) is 15.6. The summed E-state index contributed by atoms with van der Waals surface area (Å²) < 4.78 is 6.76. The zero-order valence-corrected chi connectivity index (χ0v) is 16.1. The molecule has 2 heterocycles. The molecule has 1 fully saturated rings. The third-order valence-corrected chi connectivity index (χ3v) is 5.39. The first-order valence-corrected chi connectivity index (χ1v) is 9.78. The highest BCUT2D eigenvalue weighted by Gasteiger charge is 2.18. The van der Waals surface area contributed by atoms with E-state index in [0.29, 0.717) is 18.7 Å². The molecular weight excluding hydrogens is 354 g/mol. The summed E-state index contributed by atoms with van der Waals surface area (Å²) in [7, 11) is 1.82. The molecule has 28 heavy (non-hydrogen) atoms. The number of carbonyl (C=O) groups is 1. The smallest absolute Gasteiger partial charge is 0.408 e. The van der Waals surface area contributed by atoms with E-state index in [0.717, 1.165) is 24.2 Å². The molecule has 1 aliphatic rings. The molecule has 2 aromatic carbocycles. The van der Waals surface area contributed by atoms with Gasteiger partial charge in [0.2, 0.25) is 5.91 Å². The van der Waals surface area contributed by atoms with Crippen LogP contribution in [0.2, 0.25) is 0 Å². The summed E-state index contributed by atoms with van der Waals surface area (Å²) in [5.74, 6) is -0.413. The van der Waals surface area contributed by atoms with Crippen LogP contribution in [0.3, 0.4) is 0 Å². The van der Waals surface area contributed by atoms with Crippen molar-refractivity contribution in [2.75, 3.05) is 25.0 Å². The number of nitrogens with zero attached hydrogens (tertiary/aromatic N) is 3. The van der Waals surface area contributed by atoms with Gasteiger partial charge in [0.15, 0.2) is 5.58 Å². The molecule has 4 rings (SSSR count). The molecule has 6 heteroatoms. The van der Waals surface area contributed by atoms with E-state index in [9.17, 15) is 9.59 Å². The standard InChI is InChI=1S/C22H25N3O3/c1-23(16-17-8-2-3-9-18(17)24-13-6-7-14-24)21(26)12-15-25-19-10-4-5-11-20(19)28-22(25)27/h2-5,8-11H,6-7,12-16H2,1H3. The Morgan fingerprint density at radius 3 is 2.61 bits per heavy atom. The number of amides is 1. The SMILES string of the molecule is CN(Cc1ccccc1N1CCCC1)C(=O)CCn1c(=O)oc2ccccc21. The first-order valence-electron chi connectivity index (χ1n) is 9.78. The number of para-hydroxylation sites is 3. The lowest BCUT2D eigenvalue weighted by molar-refractivity contribution is -0.130. The van der Waals surface area contributed by atoms with Gasteiger partial charge in [-0.3, -0.25) is 9.36 Å². The van der Waals surface area contributed by atoms with Gasteiger partial charge in [-0.15, -0.1) is 0 Å². The van der Waals surface area contributed by atoms with Crippen molar-refractivity contribution in [3.63, 3.8) is 0 Å². The van der Waals surface area contributed by atoms with Crippen LogP contribution in [0.25, 0.3) is 11.1 Å². The van der Waals surface area contributed by atoms with E-state index in [1.807, 2.05) is 31.3 Å². The summed E-state index contributed by atoms with van der Waals surface area (Å²) in [5, 5.41) is 0. The molecule has 1 amide bonds. The van der Waals surface area contributed by atoms with Crippen LogP contribution in [-0.4, -0.2) is 35.5 Å². The van der Waals surface area contributed by atoms with Gasteiger partial charge in [0, 0.05) is 45.3 Å². The lowest BCUT2D eigenvalue weighted by Crippen LogP contribution is -2.29. The molecule has 1 saturated heterocycles. The summed E-state index contributed by atoms with van der Waals surface area (Å²) >= 11 is 0. The van der Waals surface area contributed by atoms with E-state index in [2.05, 4.69) is 23.1 Å². The van der Waals surface area contributed by atoms with Gasteiger partial charge in [0.05, 0.1) is 5.52 Å². The highest BCUT2D eigenvalue weighted by molar-refractivity contribution is 5.77. The molecule has 0 unspecified atom stereocenters. The van der Waals surface area contributed by atoms with E-state index in [4.69, 9.17) is 4.42 Å². The molecule has 3 aromatic rings. The van der Waals surface area contributed by atoms with Crippen molar-refractivity contribution in [1.82, 2.24) is 9.47 Å². The summed E-state index contributed by atoms with van der Waals surface area (Å²) in [6.45, 7) is 3.02. The zero-order valence-electron chi connectivity index (χ0n) is 16.1. The molecule has 0 radical (unpaired) electrons. The third-order valence-electron chi connectivity index (χ3n) is 5.39. The van der Waals surface area contributed by atoms with Crippen LogP contribution in [0, 0.1) is 0 Å². The summed E-state index contributed by atoms with van der Waals surface area (Å²) in [4.78, 5) is 28.9. The highest BCUT2D eigenvalue weighted by Crippen LogP contribution is 2.25. The Bertz CT molecular complexity index is 1030. The predicted octanol–water partition coefficient (Wildman–Crippen LogP) is 3.24. The van der Waals surface area contributed by atoms with E-state index >= 15 is 0 Å². The van der Waals surface area contributed by atoms with E-state index < -0.39 is 5.76 Å². The van der Waals surface area contributed by atoms with Gasteiger partial charge >= 0.3 is 5.76 Å². The zero-order chi connectivity index (χ0) is 19.5. The Labute approximate surface area is 164 Å². The van der Waals surface area contributed by atoms with Crippen molar-refractivity contribution >= 4 is 22.7 Å². The number of rotatable bonds is 6. The fourth-order valence-corrected chi connectivity index (χ4v) is 3.88.